The zero-order valence-corrected chi connectivity index (χ0v) is 16.4. The van der Waals surface area contributed by atoms with E-state index in [-0.39, 0.29) is 46.7 Å². The van der Waals surface area contributed by atoms with Gasteiger partial charge in [-0.15, -0.1) is 0 Å². The molecule has 1 heterocycles. The Kier molecular flexibility index (Phi) is 5.55. The standard InChI is InChI=1S/C23H19ClFNO3/c24-18-13-19(25)20(26-22(27)16-10-4-5-11-17(16)23(26)28)14-21(18)29-12-6-9-15-7-2-1-3-8-15/h1-3,7-8,13-14,16-17H,4-5,10-12H2. The lowest BCUT2D eigenvalue weighted by Gasteiger charge is -2.19. The van der Waals surface area contributed by atoms with Gasteiger partial charge in [0.2, 0.25) is 11.8 Å². The molecule has 2 aliphatic rings. The van der Waals surface area contributed by atoms with Gasteiger partial charge < -0.3 is 4.74 Å². The lowest BCUT2D eigenvalue weighted by molar-refractivity contribution is -0.122. The second-order valence-electron chi connectivity index (χ2n) is 7.20. The number of fused-ring (bicyclic) bond motifs is 1. The van der Waals surface area contributed by atoms with Crippen LogP contribution < -0.4 is 9.64 Å². The van der Waals surface area contributed by atoms with E-state index in [4.69, 9.17) is 16.3 Å². The maximum atomic E-state index is 14.6. The van der Waals surface area contributed by atoms with Gasteiger partial charge in [0.05, 0.1) is 22.5 Å². The summed E-state index contributed by atoms with van der Waals surface area (Å²) in [5.41, 5.74) is 0.739. The molecule has 2 aromatic rings. The van der Waals surface area contributed by atoms with Crippen LogP contribution in [0.4, 0.5) is 10.1 Å². The number of ether oxygens (including phenoxy) is 1. The van der Waals surface area contributed by atoms with Gasteiger partial charge in [-0.2, -0.15) is 0 Å². The molecule has 1 saturated carbocycles. The molecular formula is C23H19ClFNO3. The van der Waals surface area contributed by atoms with E-state index < -0.39 is 5.82 Å². The molecule has 0 spiro atoms. The maximum absolute atomic E-state index is 14.6. The Morgan fingerprint density at radius 2 is 1.72 bits per heavy atom. The molecule has 6 heteroatoms. The first kappa shape index (κ1) is 19.5. The Morgan fingerprint density at radius 3 is 2.38 bits per heavy atom. The van der Waals surface area contributed by atoms with Crippen molar-refractivity contribution in [2.45, 2.75) is 25.7 Å². The average Bonchev–Trinajstić information content (AvgIpc) is 2.98. The molecule has 2 amide bonds. The van der Waals surface area contributed by atoms with Gasteiger partial charge in [-0.05, 0) is 31.0 Å². The SMILES string of the molecule is O=C1C2CCCCC2C(=O)N1c1cc(OCC#Cc2ccccc2)c(Cl)cc1F. The molecule has 2 atom stereocenters. The fourth-order valence-electron chi connectivity index (χ4n) is 3.97. The number of benzene rings is 2. The average molecular weight is 412 g/mol. The van der Waals surface area contributed by atoms with E-state index in [1.54, 1.807) is 0 Å². The summed E-state index contributed by atoms with van der Waals surface area (Å²) in [5, 5.41) is 0.0595. The van der Waals surface area contributed by atoms with Crippen LogP contribution in [0.1, 0.15) is 31.2 Å². The van der Waals surface area contributed by atoms with Crippen LogP contribution in [0.15, 0.2) is 42.5 Å². The molecule has 1 aliphatic heterocycles. The molecular weight excluding hydrogens is 393 g/mol. The molecule has 1 aliphatic carbocycles. The number of carbonyl (C=O) groups is 2. The molecule has 0 bridgehead atoms. The second-order valence-corrected chi connectivity index (χ2v) is 7.61. The Labute approximate surface area is 173 Å². The minimum absolute atomic E-state index is 0.0346. The summed E-state index contributed by atoms with van der Waals surface area (Å²) in [6.45, 7) is 0.0346. The summed E-state index contributed by atoms with van der Waals surface area (Å²) in [4.78, 5) is 26.5. The van der Waals surface area contributed by atoms with Crippen molar-refractivity contribution in [3.05, 3.63) is 58.9 Å². The Hall–Kier alpha value is -2.84. The van der Waals surface area contributed by atoms with E-state index in [0.717, 1.165) is 29.4 Å². The number of nitrogens with zero attached hydrogens (tertiary/aromatic N) is 1. The fraction of sp³-hybridized carbons (Fsp3) is 0.304. The highest BCUT2D eigenvalue weighted by Crippen LogP contribution is 2.42. The maximum Gasteiger partial charge on any atom is 0.237 e. The number of carbonyl (C=O) groups excluding carboxylic acids is 2. The number of hydrogen-bond donors (Lipinski definition) is 0. The molecule has 2 aromatic carbocycles. The van der Waals surface area contributed by atoms with Gasteiger partial charge in [-0.1, -0.05) is 54.5 Å². The smallest absolute Gasteiger partial charge is 0.237 e. The highest BCUT2D eigenvalue weighted by atomic mass is 35.5. The van der Waals surface area contributed by atoms with Crippen molar-refractivity contribution < 1.29 is 18.7 Å². The van der Waals surface area contributed by atoms with Crippen molar-refractivity contribution in [1.82, 2.24) is 0 Å². The number of rotatable bonds is 3. The topological polar surface area (TPSA) is 46.6 Å². The number of hydrogen-bond acceptors (Lipinski definition) is 3. The normalized spacial score (nSPS) is 20.8. The summed E-state index contributed by atoms with van der Waals surface area (Å²) in [6.07, 6.45) is 3.15. The van der Waals surface area contributed by atoms with E-state index in [1.165, 1.54) is 6.07 Å². The Morgan fingerprint density at radius 1 is 1.07 bits per heavy atom. The summed E-state index contributed by atoms with van der Waals surface area (Å²) in [5.74, 6) is 3.89. The minimum atomic E-state index is -0.724. The van der Waals surface area contributed by atoms with E-state index in [1.807, 2.05) is 30.3 Å². The van der Waals surface area contributed by atoms with Crippen LogP contribution in [0.25, 0.3) is 0 Å². The zero-order chi connectivity index (χ0) is 20.4. The molecule has 0 radical (unpaired) electrons. The van der Waals surface area contributed by atoms with Gasteiger partial charge in [0.1, 0.15) is 18.2 Å². The predicted molar refractivity (Wildman–Crippen MR) is 108 cm³/mol. The molecule has 4 rings (SSSR count). The lowest BCUT2D eigenvalue weighted by Crippen LogP contribution is -2.31. The summed E-state index contributed by atoms with van der Waals surface area (Å²) in [7, 11) is 0. The Balaban J connectivity index is 1.55. The van der Waals surface area contributed by atoms with Gasteiger partial charge >= 0.3 is 0 Å². The second kappa shape index (κ2) is 8.26. The monoisotopic (exact) mass is 411 g/mol. The van der Waals surface area contributed by atoms with Crippen LogP contribution in [0.3, 0.4) is 0 Å². The molecule has 4 nitrogen and oxygen atoms in total. The van der Waals surface area contributed by atoms with Crippen molar-refractivity contribution in [2.75, 3.05) is 11.5 Å². The molecule has 0 N–H and O–H groups in total. The summed E-state index contributed by atoms with van der Waals surface area (Å²) < 4.78 is 20.2. The van der Waals surface area contributed by atoms with Gasteiger partial charge in [0, 0.05) is 11.6 Å². The summed E-state index contributed by atoms with van der Waals surface area (Å²) in [6, 6.07) is 11.8. The van der Waals surface area contributed by atoms with Crippen molar-refractivity contribution in [3.63, 3.8) is 0 Å². The van der Waals surface area contributed by atoms with E-state index in [2.05, 4.69) is 11.8 Å². The Bertz CT molecular complexity index is 988. The van der Waals surface area contributed by atoms with Crippen LogP contribution in [-0.2, 0) is 9.59 Å². The van der Waals surface area contributed by atoms with Crippen LogP contribution in [0.5, 0.6) is 5.75 Å². The van der Waals surface area contributed by atoms with Gasteiger partial charge in [-0.25, -0.2) is 9.29 Å². The third-order valence-corrected chi connectivity index (χ3v) is 5.69. The van der Waals surface area contributed by atoms with E-state index in [0.29, 0.717) is 12.8 Å². The first-order chi connectivity index (χ1) is 14.1. The third-order valence-electron chi connectivity index (χ3n) is 5.39. The molecule has 1 saturated heterocycles. The van der Waals surface area contributed by atoms with E-state index >= 15 is 0 Å². The van der Waals surface area contributed by atoms with Gasteiger partial charge in [0.25, 0.3) is 0 Å². The highest BCUT2D eigenvalue weighted by molar-refractivity contribution is 6.32. The number of halogens is 2. The van der Waals surface area contributed by atoms with Crippen molar-refractivity contribution in [3.8, 4) is 17.6 Å². The summed E-state index contributed by atoms with van der Waals surface area (Å²) >= 11 is 6.10. The van der Waals surface area contributed by atoms with Crippen LogP contribution in [-0.4, -0.2) is 18.4 Å². The molecule has 148 valence electrons. The van der Waals surface area contributed by atoms with Gasteiger partial charge in [0.15, 0.2) is 0 Å². The largest absolute Gasteiger partial charge is 0.479 e. The van der Waals surface area contributed by atoms with Crippen molar-refractivity contribution in [2.24, 2.45) is 11.8 Å². The molecule has 0 aromatic heterocycles. The number of imide groups is 1. The quantitative estimate of drug-likeness (QED) is 0.548. The predicted octanol–water partition coefficient (Wildman–Crippen LogP) is 4.59. The number of anilines is 1. The third kappa shape index (κ3) is 3.86. The van der Waals surface area contributed by atoms with Crippen molar-refractivity contribution in [1.29, 1.82) is 0 Å². The molecule has 2 fully saturated rings. The first-order valence-corrected chi connectivity index (χ1v) is 9.97. The zero-order valence-electron chi connectivity index (χ0n) is 15.7. The van der Waals surface area contributed by atoms with Gasteiger partial charge in [-0.3, -0.25) is 9.59 Å². The first-order valence-electron chi connectivity index (χ1n) is 9.60. The van der Waals surface area contributed by atoms with Crippen LogP contribution >= 0.6 is 11.6 Å². The van der Waals surface area contributed by atoms with Crippen molar-refractivity contribution >= 4 is 29.1 Å². The van der Waals surface area contributed by atoms with E-state index in [9.17, 15) is 14.0 Å². The van der Waals surface area contributed by atoms with Crippen LogP contribution in [0, 0.1) is 29.5 Å². The highest BCUT2D eigenvalue weighted by Gasteiger charge is 2.49. The number of amides is 2. The fourth-order valence-corrected chi connectivity index (χ4v) is 4.18. The minimum Gasteiger partial charge on any atom is -0.479 e. The van der Waals surface area contributed by atoms with Crippen LogP contribution in [0.2, 0.25) is 5.02 Å². The molecule has 2 unspecified atom stereocenters. The molecule has 29 heavy (non-hydrogen) atoms. The lowest BCUT2D eigenvalue weighted by atomic mass is 9.81.